The molecule has 0 spiro atoms. The second-order valence-corrected chi connectivity index (χ2v) is 4.66. The molecule has 1 saturated heterocycles. The molecule has 2 aromatic rings. The van der Waals surface area contributed by atoms with Gasteiger partial charge in [-0.3, -0.25) is 19.6 Å². The number of carbonyl (C=O) groups excluding carboxylic acids is 2. The minimum absolute atomic E-state index is 0.0800. The molecule has 1 aromatic carbocycles. The topological polar surface area (TPSA) is 72.4 Å². The molecule has 6 nitrogen and oxygen atoms in total. The Hall–Kier alpha value is -2.50. The molecule has 2 heterocycles. The number of rotatable bonds is 2. The van der Waals surface area contributed by atoms with E-state index in [1.165, 1.54) is 7.11 Å². The number of carbonyl (C=O) groups is 2. The first-order chi connectivity index (χ1) is 9.69. The van der Waals surface area contributed by atoms with Crippen LogP contribution in [0.1, 0.15) is 6.42 Å². The molecule has 0 N–H and O–H groups in total. The average Bonchev–Trinajstić information content (AvgIpc) is 2.88. The summed E-state index contributed by atoms with van der Waals surface area (Å²) in [5.41, 5.74) is 2.22. The molecule has 1 fully saturated rings. The summed E-state index contributed by atoms with van der Waals surface area (Å²) >= 11 is 0. The second-order valence-electron chi connectivity index (χ2n) is 4.66. The molecule has 20 heavy (non-hydrogen) atoms. The van der Waals surface area contributed by atoms with Gasteiger partial charge in [-0.1, -0.05) is 0 Å². The summed E-state index contributed by atoms with van der Waals surface area (Å²) in [7, 11) is 1.33. The number of hydrogen-bond donors (Lipinski definition) is 0. The van der Waals surface area contributed by atoms with Gasteiger partial charge in [-0.05, 0) is 18.2 Å². The van der Waals surface area contributed by atoms with Crippen LogP contribution in [0.25, 0.3) is 11.0 Å². The van der Waals surface area contributed by atoms with Crippen LogP contribution < -0.4 is 4.90 Å². The number of fused-ring (bicyclic) bond motifs is 1. The molecular weight excluding hydrogens is 258 g/mol. The molecule has 0 bridgehead atoms. The fourth-order valence-electron chi connectivity index (χ4n) is 2.40. The summed E-state index contributed by atoms with van der Waals surface area (Å²) in [4.78, 5) is 33.5. The number of methoxy groups -OCH3 is 1. The summed E-state index contributed by atoms with van der Waals surface area (Å²) in [5.74, 6) is -0.824. The van der Waals surface area contributed by atoms with Crippen molar-refractivity contribution in [3.05, 3.63) is 30.6 Å². The summed E-state index contributed by atoms with van der Waals surface area (Å²) in [5, 5.41) is 0. The lowest BCUT2D eigenvalue weighted by Gasteiger charge is -2.16. The Morgan fingerprint density at radius 3 is 2.80 bits per heavy atom. The fourth-order valence-corrected chi connectivity index (χ4v) is 2.40. The Bertz CT molecular complexity index is 686. The van der Waals surface area contributed by atoms with Crippen molar-refractivity contribution in [2.75, 3.05) is 18.6 Å². The molecule has 1 amide bonds. The molecule has 102 valence electrons. The zero-order valence-corrected chi connectivity index (χ0v) is 10.9. The number of ether oxygens (including phenoxy) is 1. The molecule has 1 atom stereocenters. The van der Waals surface area contributed by atoms with E-state index < -0.39 is 5.92 Å². The van der Waals surface area contributed by atoms with Gasteiger partial charge in [0, 0.05) is 31.0 Å². The second kappa shape index (κ2) is 4.88. The lowest BCUT2D eigenvalue weighted by molar-refractivity contribution is -0.145. The van der Waals surface area contributed by atoms with E-state index >= 15 is 0 Å². The monoisotopic (exact) mass is 271 g/mol. The van der Waals surface area contributed by atoms with Crippen LogP contribution >= 0.6 is 0 Å². The average molecular weight is 271 g/mol. The number of benzene rings is 1. The highest BCUT2D eigenvalue weighted by Crippen LogP contribution is 2.27. The Morgan fingerprint density at radius 2 is 2.05 bits per heavy atom. The van der Waals surface area contributed by atoms with Gasteiger partial charge in [0.15, 0.2) is 0 Å². The smallest absolute Gasteiger partial charge is 0.311 e. The summed E-state index contributed by atoms with van der Waals surface area (Å²) in [6, 6.07) is 5.44. The molecule has 1 unspecified atom stereocenters. The number of esters is 1. The maximum absolute atomic E-state index is 12.0. The normalized spacial score (nSPS) is 18.6. The fraction of sp³-hybridized carbons (Fsp3) is 0.286. The molecule has 1 aliphatic rings. The number of amides is 1. The highest BCUT2D eigenvalue weighted by molar-refractivity contribution is 6.00. The van der Waals surface area contributed by atoms with Gasteiger partial charge in [-0.25, -0.2) is 0 Å². The van der Waals surface area contributed by atoms with Gasteiger partial charge in [0.05, 0.1) is 24.1 Å². The van der Waals surface area contributed by atoms with Gasteiger partial charge in [0.25, 0.3) is 0 Å². The largest absolute Gasteiger partial charge is 0.469 e. The van der Waals surface area contributed by atoms with Crippen molar-refractivity contribution in [1.29, 1.82) is 0 Å². The number of nitrogens with zero attached hydrogens (tertiary/aromatic N) is 3. The van der Waals surface area contributed by atoms with Crippen LogP contribution in [0.3, 0.4) is 0 Å². The Balaban J connectivity index is 1.91. The molecule has 0 saturated carbocycles. The van der Waals surface area contributed by atoms with Crippen molar-refractivity contribution >= 4 is 28.6 Å². The third-order valence-electron chi connectivity index (χ3n) is 3.42. The van der Waals surface area contributed by atoms with Crippen molar-refractivity contribution in [3.8, 4) is 0 Å². The molecular formula is C14H13N3O3. The van der Waals surface area contributed by atoms with Gasteiger partial charge in [0.1, 0.15) is 0 Å². The zero-order chi connectivity index (χ0) is 14.1. The summed E-state index contributed by atoms with van der Waals surface area (Å²) < 4.78 is 4.70. The Kier molecular flexibility index (Phi) is 3.06. The van der Waals surface area contributed by atoms with Crippen LogP contribution in [-0.4, -0.2) is 35.5 Å². The molecule has 0 radical (unpaired) electrons. The van der Waals surface area contributed by atoms with E-state index in [1.807, 2.05) is 12.1 Å². The zero-order valence-electron chi connectivity index (χ0n) is 10.9. The van der Waals surface area contributed by atoms with E-state index in [2.05, 4.69) is 9.97 Å². The van der Waals surface area contributed by atoms with E-state index in [0.29, 0.717) is 6.54 Å². The number of hydrogen-bond acceptors (Lipinski definition) is 5. The Labute approximate surface area is 115 Å². The first-order valence-electron chi connectivity index (χ1n) is 6.28. The van der Waals surface area contributed by atoms with Crippen molar-refractivity contribution in [1.82, 2.24) is 9.97 Å². The van der Waals surface area contributed by atoms with Crippen molar-refractivity contribution in [2.45, 2.75) is 6.42 Å². The Morgan fingerprint density at radius 1 is 1.30 bits per heavy atom. The predicted molar refractivity (Wildman–Crippen MR) is 72.0 cm³/mol. The standard InChI is InChI=1S/C14H13N3O3/c1-20-14(19)9-6-13(18)17(8-9)10-2-3-11-12(7-10)16-5-4-15-11/h2-5,7,9H,6,8H2,1H3. The lowest BCUT2D eigenvalue weighted by Crippen LogP contribution is -2.26. The molecule has 1 aliphatic heterocycles. The van der Waals surface area contributed by atoms with E-state index in [0.717, 1.165) is 16.7 Å². The van der Waals surface area contributed by atoms with Crippen LogP contribution in [0.2, 0.25) is 0 Å². The predicted octanol–water partition coefficient (Wildman–Crippen LogP) is 1.16. The third-order valence-corrected chi connectivity index (χ3v) is 3.42. The summed E-state index contributed by atoms with van der Waals surface area (Å²) in [6.07, 6.45) is 3.41. The maximum atomic E-state index is 12.0. The minimum Gasteiger partial charge on any atom is -0.469 e. The van der Waals surface area contributed by atoms with Gasteiger partial charge < -0.3 is 9.64 Å². The van der Waals surface area contributed by atoms with Crippen molar-refractivity contribution in [3.63, 3.8) is 0 Å². The first kappa shape index (κ1) is 12.5. The highest BCUT2D eigenvalue weighted by atomic mass is 16.5. The maximum Gasteiger partial charge on any atom is 0.311 e. The van der Waals surface area contributed by atoms with Crippen molar-refractivity contribution < 1.29 is 14.3 Å². The van der Waals surface area contributed by atoms with Gasteiger partial charge in [-0.15, -0.1) is 0 Å². The lowest BCUT2D eigenvalue weighted by atomic mass is 10.1. The van der Waals surface area contributed by atoms with Crippen LogP contribution in [0.15, 0.2) is 30.6 Å². The van der Waals surface area contributed by atoms with E-state index in [-0.39, 0.29) is 18.3 Å². The number of anilines is 1. The van der Waals surface area contributed by atoms with Gasteiger partial charge in [-0.2, -0.15) is 0 Å². The molecule has 6 heteroatoms. The minimum atomic E-state index is -0.398. The van der Waals surface area contributed by atoms with Crippen molar-refractivity contribution in [2.24, 2.45) is 5.92 Å². The summed E-state index contributed by atoms with van der Waals surface area (Å²) in [6.45, 7) is 0.345. The van der Waals surface area contributed by atoms with E-state index in [4.69, 9.17) is 4.74 Å². The molecule has 1 aromatic heterocycles. The van der Waals surface area contributed by atoms with Crippen LogP contribution in [0, 0.1) is 5.92 Å². The molecule has 3 rings (SSSR count). The van der Waals surface area contributed by atoms with Crippen LogP contribution in [0.5, 0.6) is 0 Å². The van der Waals surface area contributed by atoms with Crippen LogP contribution in [-0.2, 0) is 14.3 Å². The van der Waals surface area contributed by atoms with Gasteiger partial charge in [0.2, 0.25) is 5.91 Å². The van der Waals surface area contributed by atoms with Crippen LogP contribution in [0.4, 0.5) is 5.69 Å². The molecule has 0 aliphatic carbocycles. The number of aromatic nitrogens is 2. The van der Waals surface area contributed by atoms with E-state index in [9.17, 15) is 9.59 Å². The first-order valence-corrected chi connectivity index (χ1v) is 6.28. The SMILES string of the molecule is COC(=O)C1CC(=O)N(c2ccc3nccnc3c2)C1. The quantitative estimate of drug-likeness (QED) is 0.766. The van der Waals surface area contributed by atoms with Gasteiger partial charge >= 0.3 is 5.97 Å². The highest BCUT2D eigenvalue weighted by Gasteiger charge is 2.35. The third kappa shape index (κ3) is 2.09. The van der Waals surface area contributed by atoms with E-state index in [1.54, 1.807) is 23.4 Å².